The Kier molecular flexibility index (Phi) is 6.55. The monoisotopic (exact) mass is 469 g/mol. The zero-order chi connectivity index (χ0) is 22.9. The van der Waals surface area contributed by atoms with Crippen molar-refractivity contribution in [3.8, 4) is 0 Å². The van der Waals surface area contributed by atoms with Crippen LogP contribution in [0.1, 0.15) is 30.9 Å². The number of thioether (sulfide) groups is 1. The number of anilines is 1. The summed E-state index contributed by atoms with van der Waals surface area (Å²) in [6, 6.07) is 14.7. The smallest absolute Gasteiger partial charge is 0.243 e. The number of amides is 1. The first-order valence-electron chi connectivity index (χ1n) is 10.7. The molecule has 0 saturated carbocycles. The van der Waals surface area contributed by atoms with E-state index in [0.29, 0.717) is 18.0 Å². The van der Waals surface area contributed by atoms with Crippen LogP contribution in [0.5, 0.6) is 0 Å². The number of nitrogens with zero attached hydrogens (tertiary/aromatic N) is 2. The molecular weight excluding hydrogens is 442 g/mol. The van der Waals surface area contributed by atoms with Gasteiger partial charge in [0.15, 0.2) is 0 Å². The first-order chi connectivity index (χ1) is 15.2. The Labute approximate surface area is 193 Å². The van der Waals surface area contributed by atoms with Crippen LogP contribution in [-0.4, -0.2) is 42.0 Å². The average Bonchev–Trinajstić information content (AvgIpc) is 3.31. The summed E-state index contributed by atoms with van der Waals surface area (Å²) in [6.45, 7) is 6.95. The van der Waals surface area contributed by atoms with Crippen LogP contribution in [0.15, 0.2) is 58.5 Å². The lowest BCUT2D eigenvalue weighted by molar-refractivity contribution is -0.115. The van der Waals surface area contributed by atoms with Gasteiger partial charge in [0.2, 0.25) is 15.9 Å². The van der Waals surface area contributed by atoms with E-state index in [0.717, 1.165) is 45.6 Å². The minimum absolute atomic E-state index is 0.0922. The Hall–Kier alpha value is -2.42. The van der Waals surface area contributed by atoms with E-state index in [9.17, 15) is 13.2 Å². The van der Waals surface area contributed by atoms with Crippen LogP contribution in [0.2, 0.25) is 0 Å². The van der Waals surface area contributed by atoms with Crippen molar-refractivity contribution in [1.29, 1.82) is 0 Å². The van der Waals surface area contributed by atoms with Gasteiger partial charge in [0.05, 0.1) is 20.7 Å². The van der Waals surface area contributed by atoms with E-state index >= 15 is 0 Å². The van der Waals surface area contributed by atoms with Crippen LogP contribution in [-0.2, 0) is 14.8 Å². The molecule has 3 aromatic rings. The molecule has 0 aliphatic carbocycles. The first-order valence-corrected chi connectivity index (χ1v) is 13.0. The van der Waals surface area contributed by atoms with Crippen LogP contribution >= 0.6 is 11.8 Å². The number of carbonyl (C=O) groups is 1. The average molecular weight is 470 g/mol. The summed E-state index contributed by atoms with van der Waals surface area (Å²) in [5.41, 5.74) is 3.56. The molecule has 1 aliphatic rings. The van der Waals surface area contributed by atoms with Gasteiger partial charge in [0.1, 0.15) is 0 Å². The van der Waals surface area contributed by atoms with Gasteiger partial charge in [-0.2, -0.15) is 4.31 Å². The number of nitrogens with one attached hydrogen (secondary N) is 1. The predicted octanol–water partition coefficient (Wildman–Crippen LogP) is 4.76. The normalized spacial score (nSPS) is 15.7. The summed E-state index contributed by atoms with van der Waals surface area (Å²) in [5.74, 6) is -0.0922. The molecule has 0 unspecified atom stereocenters. The minimum atomic E-state index is -3.47. The molecule has 168 valence electrons. The van der Waals surface area contributed by atoms with Crippen molar-refractivity contribution < 1.29 is 13.2 Å². The molecule has 6 nitrogen and oxygen atoms in total. The largest absolute Gasteiger partial charge is 0.325 e. The second-order valence-corrected chi connectivity index (χ2v) is 11.5. The molecule has 1 amide bonds. The number of carbonyl (C=O) groups excluding carboxylic acids is 1. The summed E-state index contributed by atoms with van der Waals surface area (Å²) < 4.78 is 27.4. The van der Waals surface area contributed by atoms with Crippen LogP contribution in [0.25, 0.3) is 10.9 Å². The van der Waals surface area contributed by atoms with Crippen molar-refractivity contribution in [1.82, 2.24) is 9.29 Å². The Morgan fingerprint density at radius 2 is 1.75 bits per heavy atom. The second-order valence-electron chi connectivity index (χ2n) is 8.18. The third kappa shape index (κ3) is 4.82. The van der Waals surface area contributed by atoms with Crippen molar-refractivity contribution in [2.24, 2.45) is 0 Å². The highest BCUT2D eigenvalue weighted by atomic mass is 32.2. The molecule has 1 atom stereocenters. The number of benzene rings is 2. The maximum atomic E-state index is 12.9. The Morgan fingerprint density at radius 1 is 1.06 bits per heavy atom. The van der Waals surface area contributed by atoms with Gasteiger partial charge in [0.25, 0.3) is 0 Å². The van der Waals surface area contributed by atoms with E-state index in [1.165, 1.54) is 11.8 Å². The molecule has 8 heteroatoms. The summed E-state index contributed by atoms with van der Waals surface area (Å²) in [6.07, 6.45) is 1.81. The SMILES string of the molecule is Cc1ccc(NC(=O)[C@H](C)Sc2cc(C)c3cc(S(=O)(=O)N4CCCC4)ccc3n2)cc1. The Balaban J connectivity index is 1.52. The molecule has 0 spiro atoms. The van der Waals surface area contributed by atoms with E-state index in [-0.39, 0.29) is 11.2 Å². The van der Waals surface area contributed by atoms with Crippen LogP contribution in [0, 0.1) is 13.8 Å². The molecule has 1 fully saturated rings. The lowest BCUT2D eigenvalue weighted by Gasteiger charge is -2.16. The maximum Gasteiger partial charge on any atom is 0.243 e. The van der Waals surface area contributed by atoms with Crippen molar-refractivity contribution >= 4 is 44.3 Å². The van der Waals surface area contributed by atoms with Gasteiger partial charge in [-0.3, -0.25) is 4.79 Å². The number of pyridine rings is 1. The van der Waals surface area contributed by atoms with Crippen LogP contribution < -0.4 is 5.32 Å². The molecule has 0 bridgehead atoms. The van der Waals surface area contributed by atoms with Crippen molar-refractivity contribution in [3.05, 3.63) is 59.7 Å². The zero-order valence-electron chi connectivity index (χ0n) is 18.5. The highest BCUT2D eigenvalue weighted by Gasteiger charge is 2.27. The number of hydrogen-bond donors (Lipinski definition) is 1. The van der Waals surface area contributed by atoms with Crippen molar-refractivity contribution in [3.63, 3.8) is 0 Å². The molecule has 1 aliphatic heterocycles. The van der Waals surface area contributed by atoms with E-state index < -0.39 is 10.0 Å². The van der Waals surface area contributed by atoms with Gasteiger partial charge in [-0.05, 0) is 75.6 Å². The summed E-state index contributed by atoms with van der Waals surface area (Å²) >= 11 is 1.38. The zero-order valence-corrected chi connectivity index (χ0v) is 20.1. The third-order valence-electron chi connectivity index (χ3n) is 5.65. The number of hydrogen-bond acceptors (Lipinski definition) is 5. The van der Waals surface area contributed by atoms with Gasteiger partial charge in [-0.1, -0.05) is 29.5 Å². The van der Waals surface area contributed by atoms with E-state index in [1.54, 1.807) is 22.5 Å². The molecule has 32 heavy (non-hydrogen) atoms. The van der Waals surface area contributed by atoms with Crippen LogP contribution in [0.4, 0.5) is 5.69 Å². The van der Waals surface area contributed by atoms with E-state index in [2.05, 4.69) is 10.3 Å². The number of sulfonamides is 1. The Bertz CT molecular complexity index is 1250. The molecule has 1 N–H and O–H groups in total. The molecule has 4 rings (SSSR count). The van der Waals surface area contributed by atoms with E-state index in [1.807, 2.05) is 51.1 Å². The lowest BCUT2D eigenvalue weighted by atomic mass is 10.1. The number of rotatable bonds is 6. The quantitative estimate of drug-likeness (QED) is 0.527. The van der Waals surface area contributed by atoms with Gasteiger partial charge >= 0.3 is 0 Å². The predicted molar refractivity (Wildman–Crippen MR) is 130 cm³/mol. The third-order valence-corrected chi connectivity index (χ3v) is 8.57. The molecular formula is C24H27N3O3S2. The molecule has 1 saturated heterocycles. The fourth-order valence-electron chi connectivity index (χ4n) is 3.76. The Morgan fingerprint density at radius 3 is 2.44 bits per heavy atom. The van der Waals surface area contributed by atoms with Gasteiger partial charge in [-0.25, -0.2) is 13.4 Å². The lowest BCUT2D eigenvalue weighted by Crippen LogP contribution is -2.27. The summed E-state index contributed by atoms with van der Waals surface area (Å²) in [5, 5.41) is 4.14. The highest BCUT2D eigenvalue weighted by molar-refractivity contribution is 8.00. The topological polar surface area (TPSA) is 79.4 Å². The van der Waals surface area contributed by atoms with Crippen molar-refractivity contribution in [2.75, 3.05) is 18.4 Å². The van der Waals surface area contributed by atoms with Gasteiger partial charge in [-0.15, -0.1) is 0 Å². The van der Waals surface area contributed by atoms with Gasteiger partial charge < -0.3 is 5.32 Å². The number of fused-ring (bicyclic) bond motifs is 1. The summed E-state index contributed by atoms with van der Waals surface area (Å²) in [4.78, 5) is 17.6. The van der Waals surface area contributed by atoms with Gasteiger partial charge in [0, 0.05) is 24.2 Å². The van der Waals surface area contributed by atoms with E-state index in [4.69, 9.17) is 0 Å². The maximum absolute atomic E-state index is 12.9. The fourth-order valence-corrected chi connectivity index (χ4v) is 6.22. The fraction of sp³-hybridized carbons (Fsp3) is 0.333. The van der Waals surface area contributed by atoms with Crippen LogP contribution in [0.3, 0.4) is 0 Å². The van der Waals surface area contributed by atoms with Crippen molar-refractivity contribution in [2.45, 2.75) is 48.8 Å². The summed E-state index contributed by atoms with van der Waals surface area (Å²) in [7, 11) is -3.47. The minimum Gasteiger partial charge on any atom is -0.325 e. The molecule has 2 heterocycles. The number of aromatic nitrogens is 1. The molecule has 1 aromatic heterocycles. The second kappa shape index (κ2) is 9.21. The number of aryl methyl sites for hydroxylation is 2. The highest BCUT2D eigenvalue weighted by Crippen LogP contribution is 2.30. The molecule has 0 radical (unpaired) electrons. The first kappa shape index (κ1) is 22.8. The molecule has 2 aromatic carbocycles. The standard InChI is InChI=1S/C24H27N3O3S2/c1-16-6-8-19(9-7-16)25-24(28)18(3)31-23-14-17(2)21-15-20(10-11-22(21)26-23)32(29,30)27-12-4-5-13-27/h6-11,14-15,18H,4-5,12-13H2,1-3H3,(H,25,28)/t18-/m0/s1.